The van der Waals surface area contributed by atoms with E-state index in [-0.39, 0.29) is 18.5 Å². The first-order valence-corrected chi connectivity index (χ1v) is 24.7. The summed E-state index contributed by atoms with van der Waals surface area (Å²) in [5, 5.41) is 8.86. The minimum absolute atomic E-state index is 0.00939. The lowest BCUT2D eigenvalue weighted by Gasteiger charge is -2.18. The molecule has 0 saturated heterocycles. The summed E-state index contributed by atoms with van der Waals surface area (Å²) >= 11 is 0. The highest BCUT2D eigenvalue weighted by molar-refractivity contribution is 5.69. The lowest BCUT2D eigenvalue weighted by Crippen LogP contribution is -2.18. The van der Waals surface area contributed by atoms with Gasteiger partial charge in [-0.05, 0) is 64.2 Å². The van der Waals surface area contributed by atoms with E-state index < -0.39 is 5.97 Å². The maximum atomic E-state index is 12.8. The maximum Gasteiger partial charge on any atom is 0.306 e. The van der Waals surface area contributed by atoms with Crippen molar-refractivity contribution in [1.29, 1.82) is 0 Å². The summed E-state index contributed by atoms with van der Waals surface area (Å²) in [5.74, 6) is -0.686. The zero-order valence-electron chi connectivity index (χ0n) is 36.8. The van der Waals surface area contributed by atoms with Crippen molar-refractivity contribution in [3.8, 4) is 0 Å². The molecule has 0 fully saturated rings. The Bertz CT molecular complexity index is 777. The number of hydrogen-bond donors (Lipinski definition) is 1. The van der Waals surface area contributed by atoms with Crippen LogP contribution < -0.4 is 0 Å². The Morgan fingerprint density at radius 1 is 0.389 bits per heavy atom. The Balaban J connectivity index is 3.86. The fraction of sp³-hybridized carbons (Fsp3) is 0.920. The topological polar surface area (TPSA) is 63.6 Å². The summed E-state index contributed by atoms with van der Waals surface area (Å²) in [6.45, 7) is 4.57. The van der Waals surface area contributed by atoms with E-state index in [0.29, 0.717) is 6.42 Å². The highest BCUT2D eigenvalue weighted by atomic mass is 16.5. The van der Waals surface area contributed by atoms with E-state index in [2.05, 4.69) is 26.0 Å². The van der Waals surface area contributed by atoms with Gasteiger partial charge < -0.3 is 9.84 Å². The molecule has 0 radical (unpaired) electrons. The van der Waals surface area contributed by atoms with Gasteiger partial charge >= 0.3 is 11.9 Å². The Kier molecular flexibility index (Phi) is 44.9. The van der Waals surface area contributed by atoms with Gasteiger partial charge in [0.25, 0.3) is 0 Å². The van der Waals surface area contributed by atoms with Gasteiger partial charge in [0.05, 0.1) is 0 Å². The van der Waals surface area contributed by atoms with Crippen LogP contribution in [0.25, 0.3) is 0 Å². The van der Waals surface area contributed by atoms with E-state index in [0.717, 1.165) is 64.2 Å². The second-order valence-electron chi connectivity index (χ2n) is 17.0. The smallest absolute Gasteiger partial charge is 0.306 e. The molecule has 0 rings (SSSR count). The van der Waals surface area contributed by atoms with Gasteiger partial charge in [0.15, 0.2) is 0 Å². The van der Waals surface area contributed by atoms with Crippen molar-refractivity contribution < 1.29 is 19.4 Å². The molecular weight excluding hydrogens is 665 g/mol. The Hall–Kier alpha value is -1.32. The van der Waals surface area contributed by atoms with Crippen LogP contribution >= 0.6 is 0 Å². The molecule has 1 N–H and O–H groups in total. The first kappa shape index (κ1) is 52.7. The largest absolute Gasteiger partial charge is 0.481 e. The van der Waals surface area contributed by atoms with E-state index >= 15 is 0 Å². The summed E-state index contributed by atoms with van der Waals surface area (Å²) in [6.07, 6.45) is 58.4. The van der Waals surface area contributed by atoms with Gasteiger partial charge in [-0.25, -0.2) is 0 Å². The predicted octanol–water partition coefficient (Wildman–Crippen LogP) is 17.4. The van der Waals surface area contributed by atoms with Crippen LogP contribution in [0.15, 0.2) is 12.2 Å². The summed E-state index contributed by atoms with van der Waals surface area (Å²) in [5.41, 5.74) is 0. The molecule has 0 saturated carbocycles. The lowest BCUT2D eigenvalue weighted by atomic mass is 10.0. The van der Waals surface area contributed by atoms with Crippen LogP contribution in [0.5, 0.6) is 0 Å². The second-order valence-corrected chi connectivity index (χ2v) is 17.0. The van der Waals surface area contributed by atoms with Crippen molar-refractivity contribution in [2.75, 3.05) is 0 Å². The zero-order valence-corrected chi connectivity index (χ0v) is 36.8. The summed E-state index contributed by atoms with van der Waals surface area (Å²) in [4.78, 5) is 23.5. The van der Waals surface area contributed by atoms with Crippen molar-refractivity contribution in [3.63, 3.8) is 0 Å². The van der Waals surface area contributed by atoms with Crippen molar-refractivity contribution in [2.24, 2.45) is 0 Å². The molecule has 0 aromatic rings. The predicted molar refractivity (Wildman–Crippen MR) is 237 cm³/mol. The summed E-state index contributed by atoms with van der Waals surface area (Å²) in [7, 11) is 0. The molecule has 0 aromatic carbocycles. The zero-order chi connectivity index (χ0) is 39.3. The molecule has 0 spiro atoms. The fourth-order valence-corrected chi connectivity index (χ4v) is 7.83. The van der Waals surface area contributed by atoms with E-state index in [1.807, 2.05) is 0 Å². The summed E-state index contributed by atoms with van der Waals surface area (Å²) < 4.78 is 6.05. The van der Waals surface area contributed by atoms with Crippen LogP contribution in [0.1, 0.15) is 290 Å². The van der Waals surface area contributed by atoms with Gasteiger partial charge in [-0.1, -0.05) is 225 Å². The number of hydrogen-bond acceptors (Lipinski definition) is 3. The first-order valence-electron chi connectivity index (χ1n) is 24.7. The highest BCUT2D eigenvalue weighted by Crippen LogP contribution is 2.20. The molecule has 54 heavy (non-hydrogen) atoms. The van der Waals surface area contributed by atoms with Gasteiger partial charge in [-0.3, -0.25) is 9.59 Å². The van der Waals surface area contributed by atoms with Crippen LogP contribution in [0.2, 0.25) is 0 Å². The SMILES string of the molecule is CCCCCCCCCC/C=C\CCCCCCCCCCCCCC(=O)OC(CCCCCCCCCCCCCCC)CCCCCCCC(=O)O. The number of carboxylic acids is 1. The molecule has 0 aliphatic rings. The van der Waals surface area contributed by atoms with Gasteiger partial charge in [0.2, 0.25) is 0 Å². The minimum atomic E-state index is -0.696. The molecule has 0 heterocycles. The van der Waals surface area contributed by atoms with Crippen LogP contribution in [0.3, 0.4) is 0 Å². The van der Waals surface area contributed by atoms with E-state index in [9.17, 15) is 9.59 Å². The van der Waals surface area contributed by atoms with Gasteiger partial charge in [0.1, 0.15) is 6.10 Å². The molecule has 0 aromatic heterocycles. The highest BCUT2D eigenvalue weighted by Gasteiger charge is 2.14. The quantitative estimate of drug-likeness (QED) is 0.0381. The van der Waals surface area contributed by atoms with Gasteiger partial charge in [0, 0.05) is 12.8 Å². The number of ether oxygens (including phenoxy) is 1. The monoisotopic (exact) mass is 761 g/mol. The number of carbonyl (C=O) groups excluding carboxylic acids is 1. The van der Waals surface area contributed by atoms with E-state index in [1.54, 1.807) is 0 Å². The molecule has 4 heteroatoms. The Morgan fingerprint density at radius 2 is 0.667 bits per heavy atom. The van der Waals surface area contributed by atoms with Crippen molar-refractivity contribution in [2.45, 2.75) is 296 Å². The Labute approximate surface area is 338 Å². The normalized spacial score (nSPS) is 12.2. The number of allylic oxidation sites excluding steroid dienone is 2. The van der Waals surface area contributed by atoms with Crippen molar-refractivity contribution >= 4 is 11.9 Å². The standard InChI is InChI=1S/C50H96O4/c1-3-5-7-9-11-13-15-17-18-19-20-21-22-23-24-25-26-28-30-32-34-39-43-47-50(53)54-48(45-41-37-35-38-42-46-49(51)52)44-40-36-33-31-29-27-16-14-12-10-8-6-4-2/h19-20,48H,3-18,21-47H2,1-2H3,(H,51,52)/b20-19-. The molecule has 0 aliphatic carbocycles. The fourth-order valence-electron chi connectivity index (χ4n) is 7.83. The first-order chi connectivity index (χ1) is 26.6. The number of unbranched alkanes of at least 4 members (excludes halogenated alkanes) is 35. The molecule has 0 aliphatic heterocycles. The number of aliphatic carboxylic acids is 1. The molecular formula is C50H96O4. The average molecular weight is 761 g/mol. The third kappa shape index (κ3) is 45.1. The van der Waals surface area contributed by atoms with Gasteiger partial charge in [-0.15, -0.1) is 0 Å². The molecule has 1 unspecified atom stereocenters. The van der Waals surface area contributed by atoms with Gasteiger partial charge in [-0.2, -0.15) is 0 Å². The average Bonchev–Trinajstić information content (AvgIpc) is 3.16. The van der Waals surface area contributed by atoms with Crippen LogP contribution in [0, 0.1) is 0 Å². The number of carbonyl (C=O) groups is 2. The minimum Gasteiger partial charge on any atom is -0.481 e. The number of esters is 1. The maximum absolute atomic E-state index is 12.8. The van der Waals surface area contributed by atoms with Crippen LogP contribution in [-0.4, -0.2) is 23.1 Å². The van der Waals surface area contributed by atoms with Crippen molar-refractivity contribution in [1.82, 2.24) is 0 Å². The Morgan fingerprint density at radius 3 is 1.00 bits per heavy atom. The number of rotatable bonds is 46. The summed E-state index contributed by atoms with van der Waals surface area (Å²) in [6, 6.07) is 0. The number of carboxylic acid groups (broad SMARTS) is 1. The third-order valence-corrected chi connectivity index (χ3v) is 11.5. The molecule has 4 nitrogen and oxygen atoms in total. The van der Waals surface area contributed by atoms with Crippen LogP contribution in [-0.2, 0) is 14.3 Å². The van der Waals surface area contributed by atoms with Crippen molar-refractivity contribution in [3.05, 3.63) is 12.2 Å². The van der Waals surface area contributed by atoms with Crippen LogP contribution in [0.4, 0.5) is 0 Å². The molecule has 320 valence electrons. The lowest BCUT2D eigenvalue weighted by molar-refractivity contribution is -0.150. The van der Waals surface area contributed by atoms with E-state index in [1.165, 1.54) is 199 Å². The second kappa shape index (κ2) is 46.1. The third-order valence-electron chi connectivity index (χ3n) is 11.5. The molecule has 0 bridgehead atoms. The van der Waals surface area contributed by atoms with E-state index in [4.69, 9.17) is 9.84 Å². The molecule has 0 amide bonds. The molecule has 1 atom stereocenters.